The van der Waals surface area contributed by atoms with E-state index >= 15 is 0 Å². The number of piperazine rings is 1. The number of carboxylic acid groups (broad SMARTS) is 1. The summed E-state index contributed by atoms with van der Waals surface area (Å²) in [6.07, 6.45) is 0. The maximum atomic E-state index is 14.0. The Kier molecular flexibility index (Phi) is 6.70. The molecule has 0 aliphatic carbocycles. The lowest BCUT2D eigenvalue weighted by Gasteiger charge is -2.36. The van der Waals surface area contributed by atoms with E-state index in [4.69, 9.17) is 0 Å². The second-order valence-electron chi connectivity index (χ2n) is 8.16. The number of carbonyl (C=O) groups excluding carboxylic acids is 1. The van der Waals surface area contributed by atoms with Gasteiger partial charge in [0.2, 0.25) is 0 Å². The fraction of sp³-hybridized carbons (Fsp3) is 0.231. The minimum Gasteiger partial charge on any atom is -0.478 e. The van der Waals surface area contributed by atoms with E-state index in [2.05, 4.69) is 10.2 Å². The molecule has 170 valence electrons. The van der Waals surface area contributed by atoms with Crippen molar-refractivity contribution >= 4 is 23.3 Å². The summed E-state index contributed by atoms with van der Waals surface area (Å²) < 4.78 is 14.0. The van der Waals surface area contributed by atoms with Crippen LogP contribution >= 0.6 is 0 Å². The minimum absolute atomic E-state index is 0.139. The molecule has 1 amide bonds. The van der Waals surface area contributed by atoms with Gasteiger partial charge in [-0.1, -0.05) is 36.4 Å². The molecule has 0 atom stereocenters. The van der Waals surface area contributed by atoms with Crippen molar-refractivity contribution in [2.24, 2.45) is 0 Å². The van der Waals surface area contributed by atoms with Crippen LogP contribution in [0.25, 0.3) is 0 Å². The monoisotopic (exact) mass is 447 g/mol. The van der Waals surface area contributed by atoms with E-state index in [0.717, 1.165) is 5.56 Å². The number of hydrogen-bond acceptors (Lipinski definition) is 4. The number of rotatable bonds is 6. The quantitative estimate of drug-likeness (QED) is 0.586. The van der Waals surface area contributed by atoms with Crippen molar-refractivity contribution < 1.29 is 19.1 Å². The van der Waals surface area contributed by atoms with Crippen molar-refractivity contribution in [2.75, 3.05) is 36.4 Å². The third kappa shape index (κ3) is 5.21. The molecule has 1 aliphatic heterocycles. The lowest BCUT2D eigenvalue weighted by Crippen LogP contribution is -2.46. The van der Waals surface area contributed by atoms with Crippen molar-refractivity contribution in [1.29, 1.82) is 0 Å². The largest absolute Gasteiger partial charge is 0.478 e. The van der Waals surface area contributed by atoms with E-state index in [-0.39, 0.29) is 17.3 Å². The van der Waals surface area contributed by atoms with Crippen LogP contribution in [0.1, 0.15) is 31.8 Å². The van der Waals surface area contributed by atoms with Crippen LogP contribution in [0.3, 0.4) is 0 Å². The van der Waals surface area contributed by atoms with E-state index in [1.54, 1.807) is 36.4 Å². The minimum atomic E-state index is -1.05. The molecule has 1 saturated heterocycles. The maximum Gasteiger partial charge on any atom is 0.337 e. The van der Waals surface area contributed by atoms with Crippen LogP contribution in [-0.4, -0.2) is 48.1 Å². The predicted molar refractivity (Wildman–Crippen MR) is 126 cm³/mol. The maximum absolute atomic E-state index is 14.0. The number of carbonyl (C=O) groups is 2. The zero-order valence-corrected chi connectivity index (χ0v) is 18.4. The Morgan fingerprint density at radius 2 is 1.64 bits per heavy atom. The van der Waals surface area contributed by atoms with Gasteiger partial charge in [-0.3, -0.25) is 9.69 Å². The van der Waals surface area contributed by atoms with Crippen molar-refractivity contribution in [3.05, 3.63) is 94.8 Å². The van der Waals surface area contributed by atoms with E-state index in [1.165, 1.54) is 12.1 Å². The summed E-state index contributed by atoms with van der Waals surface area (Å²) in [5, 5.41) is 12.6. The Morgan fingerprint density at radius 3 is 2.33 bits per heavy atom. The number of aromatic carboxylic acids is 1. The molecule has 2 N–H and O–H groups in total. The molecule has 6 nitrogen and oxygen atoms in total. The summed E-state index contributed by atoms with van der Waals surface area (Å²) in [5.41, 5.74) is 3.23. The molecule has 0 spiro atoms. The third-order valence-corrected chi connectivity index (χ3v) is 5.94. The molecule has 7 heteroatoms. The molecule has 1 fully saturated rings. The summed E-state index contributed by atoms with van der Waals surface area (Å²) >= 11 is 0. The van der Waals surface area contributed by atoms with Crippen LogP contribution in [0.15, 0.2) is 66.7 Å². The van der Waals surface area contributed by atoms with Crippen LogP contribution < -0.4 is 10.2 Å². The Labute approximate surface area is 192 Å². The topological polar surface area (TPSA) is 72.9 Å². The molecule has 0 aromatic heterocycles. The fourth-order valence-corrected chi connectivity index (χ4v) is 4.10. The Morgan fingerprint density at radius 1 is 0.939 bits per heavy atom. The molecule has 0 saturated carbocycles. The smallest absolute Gasteiger partial charge is 0.337 e. The molecular formula is C26H26FN3O3. The first kappa shape index (κ1) is 22.5. The molecule has 0 unspecified atom stereocenters. The second kappa shape index (κ2) is 9.83. The van der Waals surface area contributed by atoms with Gasteiger partial charge in [-0.25, -0.2) is 9.18 Å². The van der Waals surface area contributed by atoms with Gasteiger partial charge in [0, 0.05) is 49.5 Å². The van der Waals surface area contributed by atoms with Gasteiger partial charge in [0.25, 0.3) is 5.91 Å². The van der Waals surface area contributed by atoms with Crippen LogP contribution in [0, 0.1) is 12.7 Å². The van der Waals surface area contributed by atoms with E-state index < -0.39 is 5.97 Å². The highest BCUT2D eigenvalue weighted by molar-refractivity contribution is 6.06. The first-order valence-electron chi connectivity index (χ1n) is 10.9. The van der Waals surface area contributed by atoms with Crippen molar-refractivity contribution in [2.45, 2.75) is 13.5 Å². The van der Waals surface area contributed by atoms with Crippen molar-refractivity contribution in [1.82, 2.24) is 4.90 Å². The molecule has 33 heavy (non-hydrogen) atoms. The number of halogens is 1. The molecule has 1 heterocycles. The Hall–Kier alpha value is -3.71. The zero-order valence-electron chi connectivity index (χ0n) is 18.4. The zero-order chi connectivity index (χ0) is 23.4. The third-order valence-electron chi connectivity index (χ3n) is 5.94. The van der Waals surface area contributed by atoms with E-state index in [0.29, 0.717) is 55.2 Å². The summed E-state index contributed by atoms with van der Waals surface area (Å²) in [5.74, 6) is -1.54. The summed E-state index contributed by atoms with van der Waals surface area (Å²) in [4.78, 5) is 28.8. The van der Waals surface area contributed by atoms with Gasteiger partial charge < -0.3 is 15.3 Å². The standard InChI is InChI=1S/C26H26FN3O3/c1-18-6-2-4-8-21(18)25(31)28-20-10-11-24(22(16-20)26(32)33)30-14-12-29(13-15-30)17-19-7-3-5-9-23(19)27/h2-11,16H,12-15,17H2,1H3,(H,28,31)(H,32,33). The SMILES string of the molecule is Cc1ccccc1C(=O)Nc1ccc(N2CCN(Cc3ccccc3F)CC2)c(C(=O)O)c1. The van der Waals surface area contributed by atoms with E-state index in [9.17, 15) is 19.1 Å². The Bertz CT molecular complexity index is 1170. The van der Waals surface area contributed by atoms with Crippen LogP contribution in [0.2, 0.25) is 0 Å². The van der Waals surface area contributed by atoms with Gasteiger partial charge in [-0.05, 0) is 42.8 Å². The van der Waals surface area contributed by atoms with Gasteiger partial charge >= 0.3 is 5.97 Å². The number of nitrogens with one attached hydrogen (secondary N) is 1. The lowest BCUT2D eigenvalue weighted by atomic mass is 10.1. The number of benzene rings is 3. The highest BCUT2D eigenvalue weighted by Crippen LogP contribution is 2.27. The fourth-order valence-electron chi connectivity index (χ4n) is 4.10. The van der Waals surface area contributed by atoms with Crippen LogP contribution in [0.4, 0.5) is 15.8 Å². The molecule has 1 aliphatic rings. The highest BCUT2D eigenvalue weighted by atomic mass is 19.1. The van der Waals surface area contributed by atoms with Crippen molar-refractivity contribution in [3.8, 4) is 0 Å². The van der Waals surface area contributed by atoms with Gasteiger partial charge in [0.1, 0.15) is 5.82 Å². The highest BCUT2D eigenvalue weighted by Gasteiger charge is 2.23. The number of carboxylic acids is 1. The lowest BCUT2D eigenvalue weighted by molar-refractivity contribution is 0.0697. The average Bonchev–Trinajstić information content (AvgIpc) is 2.81. The molecule has 4 rings (SSSR count). The first-order valence-corrected chi connectivity index (χ1v) is 10.9. The molecule has 0 radical (unpaired) electrons. The number of amides is 1. The van der Waals surface area contributed by atoms with Gasteiger partial charge in [-0.15, -0.1) is 0 Å². The number of anilines is 2. The predicted octanol–water partition coefficient (Wildman–Crippen LogP) is 4.41. The normalized spacial score (nSPS) is 14.2. The molecule has 3 aromatic rings. The number of nitrogens with zero attached hydrogens (tertiary/aromatic N) is 2. The second-order valence-corrected chi connectivity index (χ2v) is 8.16. The summed E-state index contributed by atoms with van der Waals surface area (Å²) in [7, 11) is 0. The Balaban J connectivity index is 1.45. The summed E-state index contributed by atoms with van der Waals surface area (Å²) in [6, 6.07) is 19.0. The molecular weight excluding hydrogens is 421 g/mol. The van der Waals surface area contributed by atoms with Gasteiger partial charge in [0.15, 0.2) is 0 Å². The van der Waals surface area contributed by atoms with Crippen molar-refractivity contribution in [3.63, 3.8) is 0 Å². The average molecular weight is 448 g/mol. The summed E-state index contributed by atoms with van der Waals surface area (Å²) in [6.45, 7) is 5.02. The van der Waals surface area contributed by atoms with Crippen LogP contribution in [-0.2, 0) is 6.54 Å². The first-order chi connectivity index (χ1) is 15.9. The van der Waals surface area contributed by atoms with Gasteiger partial charge in [0.05, 0.1) is 11.3 Å². The molecule has 0 bridgehead atoms. The molecule has 3 aromatic carbocycles. The number of aryl methyl sites for hydroxylation is 1. The number of hydrogen-bond donors (Lipinski definition) is 2. The van der Waals surface area contributed by atoms with Gasteiger partial charge in [-0.2, -0.15) is 0 Å². The van der Waals surface area contributed by atoms with Crippen LogP contribution in [0.5, 0.6) is 0 Å². The van der Waals surface area contributed by atoms with E-state index in [1.807, 2.05) is 30.0 Å².